The lowest BCUT2D eigenvalue weighted by Gasteiger charge is -2.21. The summed E-state index contributed by atoms with van der Waals surface area (Å²) in [6, 6.07) is 0. The largest absolute Gasteiger partial charge is 0.472 e. The summed E-state index contributed by atoms with van der Waals surface area (Å²) in [6.45, 7) is 14.2. The number of ether oxygens (including phenoxy) is 4. The predicted molar refractivity (Wildman–Crippen MR) is 400 cm³/mol. The van der Waals surface area contributed by atoms with Gasteiger partial charge < -0.3 is 33.8 Å². The Labute approximate surface area is 600 Å². The van der Waals surface area contributed by atoms with Crippen molar-refractivity contribution in [3.8, 4) is 0 Å². The summed E-state index contributed by atoms with van der Waals surface area (Å²) in [7, 11) is -9.92. The lowest BCUT2D eigenvalue weighted by molar-refractivity contribution is -0.161. The number of esters is 4. The van der Waals surface area contributed by atoms with E-state index < -0.39 is 97.5 Å². The van der Waals surface area contributed by atoms with Gasteiger partial charge in [0, 0.05) is 25.7 Å². The molecule has 0 saturated heterocycles. The van der Waals surface area contributed by atoms with Crippen molar-refractivity contribution in [3.05, 3.63) is 0 Å². The number of unbranched alkanes of at least 4 members (excludes halogenated alkanes) is 40. The van der Waals surface area contributed by atoms with Gasteiger partial charge in [-0.15, -0.1) is 0 Å². The van der Waals surface area contributed by atoms with Gasteiger partial charge in [-0.05, 0) is 49.4 Å². The Balaban J connectivity index is 5.17. The van der Waals surface area contributed by atoms with Gasteiger partial charge in [0.1, 0.15) is 19.3 Å². The molecule has 3 N–H and O–H groups in total. The van der Waals surface area contributed by atoms with Gasteiger partial charge in [-0.25, -0.2) is 9.13 Å². The minimum Gasteiger partial charge on any atom is -0.462 e. The molecule has 0 saturated carbocycles. The second kappa shape index (κ2) is 68.2. The molecule has 17 nitrogen and oxygen atoms in total. The predicted octanol–water partition coefficient (Wildman–Crippen LogP) is 23.2. The van der Waals surface area contributed by atoms with Crippen LogP contribution >= 0.6 is 15.6 Å². The van der Waals surface area contributed by atoms with Crippen LogP contribution < -0.4 is 0 Å². The topological polar surface area (TPSA) is 237 Å². The van der Waals surface area contributed by atoms with Crippen molar-refractivity contribution in [2.75, 3.05) is 39.6 Å². The van der Waals surface area contributed by atoms with Gasteiger partial charge in [0.2, 0.25) is 0 Å². The molecule has 0 aromatic carbocycles. The van der Waals surface area contributed by atoms with E-state index in [0.29, 0.717) is 31.6 Å². The van der Waals surface area contributed by atoms with E-state index in [1.54, 1.807) is 0 Å². The molecular formula is C79H154O17P2. The minimum absolute atomic E-state index is 0.106. The van der Waals surface area contributed by atoms with Crippen molar-refractivity contribution >= 4 is 39.5 Å². The average Bonchev–Trinajstić information content (AvgIpc) is 0.984. The Hall–Kier alpha value is -1.94. The van der Waals surface area contributed by atoms with Gasteiger partial charge in [0.25, 0.3) is 0 Å². The van der Waals surface area contributed by atoms with E-state index in [9.17, 15) is 43.2 Å². The van der Waals surface area contributed by atoms with Crippen molar-refractivity contribution in [3.63, 3.8) is 0 Å². The molecule has 0 rings (SSSR count). The minimum atomic E-state index is -4.96. The van der Waals surface area contributed by atoms with Crippen LogP contribution in [0.1, 0.15) is 402 Å². The van der Waals surface area contributed by atoms with E-state index in [1.165, 1.54) is 193 Å². The molecule has 0 heterocycles. The molecule has 7 atom stereocenters. The third-order valence-electron chi connectivity index (χ3n) is 19.0. The molecule has 98 heavy (non-hydrogen) atoms. The second-order valence-corrected chi connectivity index (χ2v) is 32.8. The standard InChI is InChI=1S/C79H154O17P2/c1-9-71(7)57-49-41-33-27-23-19-15-13-11-12-14-16-20-24-28-34-45-53-61-78(83)95-74(65-89-76(81)59-51-43-36-30-32-40-48-56-70(5)6)67-93-97(85,86)91-63-73(80)64-92-98(87,88)94-68-75(66-90-77(82)60-52-44-38-37-42-50-58-72(8)10-2)96-79(84)62-54-46-35-29-25-21-17-18-22-26-31-39-47-55-69(3)4/h69-75,80H,9-68H2,1-8H3,(H,85,86)(H,87,88)/t71?,72?,73-,74-,75-/m1/s1. The lowest BCUT2D eigenvalue weighted by Crippen LogP contribution is -2.30. The first-order chi connectivity index (χ1) is 47.2. The zero-order valence-electron chi connectivity index (χ0n) is 64.4. The van der Waals surface area contributed by atoms with Crippen molar-refractivity contribution in [1.82, 2.24) is 0 Å². The molecule has 0 aliphatic rings. The van der Waals surface area contributed by atoms with Crippen LogP contribution in [0.5, 0.6) is 0 Å². The number of carbonyl (C=O) groups is 4. The average molecular weight is 1440 g/mol. The van der Waals surface area contributed by atoms with Crippen LogP contribution in [0.4, 0.5) is 0 Å². The van der Waals surface area contributed by atoms with Gasteiger partial charge in [0.05, 0.1) is 26.4 Å². The SMILES string of the molecule is CCC(C)CCCCCCCCCCCCCCCCCCCCC(=O)O[C@H](COC(=O)CCCCCCCCCC(C)C)COP(=O)(O)OC[C@@H](O)COP(=O)(O)OC[C@@H](COC(=O)CCCCCCCCC(C)CC)OC(=O)CCCCCCCCCCCCCCCC(C)C. The number of hydrogen-bond acceptors (Lipinski definition) is 15. The molecule has 0 bridgehead atoms. The highest BCUT2D eigenvalue weighted by molar-refractivity contribution is 7.47. The number of phosphoric acid groups is 2. The van der Waals surface area contributed by atoms with Crippen LogP contribution in [0.15, 0.2) is 0 Å². The number of carbonyl (C=O) groups excluding carboxylic acids is 4. The maximum atomic E-state index is 13.1. The molecule has 0 spiro atoms. The molecule has 0 fully saturated rings. The van der Waals surface area contributed by atoms with E-state index in [-0.39, 0.29) is 25.7 Å². The highest BCUT2D eigenvalue weighted by Gasteiger charge is 2.30. The highest BCUT2D eigenvalue weighted by Crippen LogP contribution is 2.45. The summed E-state index contributed by atoms with van der Waals surface area (Å²) in [5.41, 5.74) is 0. The van der Waals surface area contributed by atoms with Crippen LogP contribution in [-0.4, -0.2) is 96.7 Å². The maximum Gasteiger partial charge on any atom is 0.472 e. The summed E-state index contributed by atoms with van der Waals surface area (Å²) in [6.07, 6.45) is 54.3. The van der Waals surface area contributed by atoms with Crippen LogP contribution in [0, 0.1) is 23.7 Å². The van der Waals surface area contributed by atoms with Crippen LogP contribution in [-0.2, 0) is 65.4 Å². The van der Waals surface area contributed by atoms with Gasteiger partial charge in [-0.1, -0.05) is 351 Å². The zero-order valence-corrected chi connectivity index (χ0v) is 66.2. The Bertz CT molecular complexity index is 1920. The second-order valence-electron chi connectivity index (χ2n) is 29.9. The number of rotatable bonds is 76. The first-order valence-electron chi connectivity index (χ1n) is 40.8. The zero-order chi connectivity index (χ0) is 72.4. The molecule has 0 aromatic rings. The van der Waals surface area contributed by atoms with Gasteiger partial charge in [0.15, 0.2) is 12.2 Å². The molecule has 0 aromatic heterocycles. The molecule has 0 amide bonds. The van der Waals surface area contributed by atoms with E-state index in [1.807, 2.05) is 0 Å². The summed E-state index contributed by atoms with van der Waals surface area (Å²) in [4.78, 5) is 72.9. The fourth-order valence-electron chi connectivity index (χ4n) is 12.0. The Morgan fingerprint density at radius 3 is 0.724 bits per heavy atom. The molecular weight excluding hydrogens is 1280 g/mol. The molecule has 0 radical (unpaired) electrons. The number of phosphoric ester groups is 2. The van der Waals surface area contributed by atoms with E-state index in [2.05, 4.69) is 55.4 Å². The van der Waals surface area contributed by atoms with Crippen molar-refractivity contribution in [1.29, 1.82) is 0 Å². The van der Waals surface area contributed by atoms with Crippen LogP contribution in [0.3, 0.4) is 0 Å². The fraction of sp³-hybridized carbons (Fsp3) is 0.949. The van der Waals surface area contributed by atoms with Crippen molar-refractivity contribution in [2.24, 2.45) is 23.7 Å². The number of aliphatic hydroxyl groups is 1. The summed E-state index contributed by atoms with van der Waals surface area (Å²) in [5.74, 6) is 0.973. The quantitative estimate of drug-likeness (QED) is 0.0222. The third kappa shape index (κ3) is 69.8. The monoisotopic (exact) mass is 1440 g/mol. The summed E-state index contributed by atoms with van der Waals surface area (Å²) in [5, 5.41) is 10.6. The first-order valence-corrected chi connectivity index (χ1v) is 43.8. The molecule has 19 heteroatoms. The van der Waals surface area contributed by atoms with Crippen molar-refractivity contribution in [2.45, 2.75) is 420 Å². The van der Waals surface area contributed by atoms with Gasteiger partial charge >= 0.3 is 39.5 Å². The Morgan fingerprint density at radius 1 is 0.286 bits per heavy atom. The number of aliphatic hydroxyl groups excluding tert-OH is 1. The van der Waals surface area contributed by atoms with E-state index in [0.717, 1.165) is 120 Å². The fourth-order valence-corrected chi connectivity index (χ4v) is 13.6. The summed E-state index contributed by atoms with van der Waals surface area (Å²) >= 11 is 0. The van der Waals surface area contributed by atoms with Gasteiger partial charge in [-0.3, -0.25) is 37.3 Å². The van der Waals surface area contributed by atoms with Crippen LogP contribution in [0.2, 0.25) is 0 Å². The maximum absolute atomic E-state index is 13.1. The molecule has 0 aliphatic carbocycles. The molecule has 582 valence electrons. The van der Waals surface area contributed by atoms with Gasteiger partial charge in [-0.2, -0.15) is 0 Å². The summed E-state index contributed by atoms with van der Waals surface area (Å²) < 4.78 is 68.6. The normalized spacial score (nSPS) is 14.6. The van der Waals surface area contributed by atoms with E-state index >= 15 is 0 Å². The van der Waals surface area contributed by atoms with Crippen LogP contribution in [0.25, 0.3) is 0 Å². The molecule has 4 unspecified atom stereocenters. The van der Waals surface area contributed by atoms with Crippen molar-refractivity contribution < 1.29 is 80.2 Å². The smallest absolute Gasteiger partial charge is 0.462 e. The lowest BCUT2D eigenvalue weighted by atomic mass is 9.99. The van der Waals surface area contributed by atoms with E-state index in [4.69, 9.17) is 37.0 Å². The Kier molecular flexibility index (Phi) is 66.8. The highest BCUT2D eigenvalue weighted by atomic mass is 31.2. The molecule has 0 aliphatic heterocycles. The first kappa shape index (κ1) is 96.1. The third-order valence-corrected chi connectivity index (χ3v) is 20.9. The number of hydrogen-bond donors (Lipinski definition) is 3. The Morgan fingerprint density at radius 2 is 0.490 bits per heavy atom.